The Balaban J connectivity index is 2.06. The van der Waals surface area contributed by atoms with Crippen LogP contribution in [0.1, 0.15) is 33.6 Å². The number of amides is 2. The molecule has 2 heterocycles. The van der Waals surface area contributed by atoms with Gasteiger partial charge in [0, 0.05) is 49.3 Å². The van der Waals surface area contributed by atoms with Crippen molar-refractivity contribution in [3.05, 3.63) is 69.0 Å². The monoisotopic (exact) mass is 398 g/mol. The van der Waals surface area contributed by atoms with E-state index in [0.717, 1.165) is 12.8 Å². The third-order valence-electron chi connectivity index (χ3n) is 4.13. The first-order chi connectivity index (χ1) is 13.8. The number of aromatic nitrogens is 2. The lowest BCUT2D eigenvalue weighted by Gasteiger charge is -2.09. The molecule has 8 nitrogen and oxygen atoms in total. The summed E-state index contributed by atoms with van der Waals surface area (Å²) in [6.07, 6.45) is 5.93. The summed E-state index contributed by atoms with van der Waals surface area (Å²) in [7, 11) is 0. The molecule has 0 radical (unpaired) electrons. The van der Waals surface area contributed by atoms with Crippen LogP contribution in [0.2, 0.25) is 0 Å². The van der Waals surface area contributed by atoms with Gasteiger partial charge in [-0.3, -0.25) is 19.2 Å². The van der Waals surface area contributed by atoms with Gasteiger partial charge in [0.05, 0.1) is 11.4 Å². The highest BCUT2D eigenvalue weighted by molar-refractivity contribution is 6.09. The van der Waals surface area contributed by atoms with E-state index in [2.05, 4.69) is 10.6 Å². The molecule has 0 aliphatic rings. The van der Waals surface area contributed by atoms with Gasteiger partial charge in [-0.25, -0.2) is 0 Å². The van der Waals surface area contributed by atoms with E-state index in [1.165, 1.54) is 46.4 Å². The van der Waals surface area contributed by atoms with Crippen molar-refractivity contribution in [2.75, 3.05) is 10.6 Å². The minimum Gasteiger partial charge on any atom is -0.321 e. The Hall–Kier alpha value is -3.42. The number of carbonyl (C=O) groups excluding carboxylic acids is 2. The molecule has 2 rings (SSSR count). The molecule has 0 aromatic carbocycles. The smallest absolute Gasteiger partial charge is 0.251 e. The standard InChI is InChI=1S/C21H26N4O4/c1-4-10-24-13-16(6-8-19(24)27)22-18(26)12-15(3)21(29)23-17-7-9-20(28)25(14-17)11-5-2/h6-9,12-14H,4-5,10-11H2,1-3H3,(H,22,26)(H,23,29)/b15-12+. The van der Waals surface area contributed by atoms with Crippen molar-refractivity contribution in [2.24, 2.45) is 0 Å². The van der Waals surface area contributed by atoms with Crippen LogP contribution < -0.4 is 21.8 Å². The number of nitrogens with zero attached hydrogens (tertiary/aromatic N) is 2. The summed E-state index contributed by atoms with van der Waals surface area (Å²) in [4.78, 5) is 48.1. The van der Waals surface area contributed by atoms with Crippen LogP contribution in [-0.2, 0) is 22.7 Å². The van der Waals surface area contributed by atoms with E-state index in [9.17, 15) is 19.2 Å². The molecule has 0 aliphatic carbocycles. The Bertz CT molecular complexity index is 1030. The zero-order chi connectivity index (χ0) is 21.4. The van der Waals surface area contributed by atoms with Crippen molar-refractivity contribution in [2.45, 2.75) is 46.7 Å². The maximum absolute atomic E-state index is 12.3. The predicted octanol–water partition coefficient (Wildman–Crippen LogP) is 2.35. The average Bonchev–Trinajstić information content (AvgIpc) is 2.67. The second kappa shape index (κ2) is 10.2. The summed E-state index contributed by atoms with van der Waals surface area (Å²) in [6.45, 7) is 6.54. The maximum atomic E-state index is 12.3. The van der Waals surface area contributed by atoms with Gasteiger partial charge in [0.15, 0.2) is 0 Å². The molecule has 29 heavy (non-hydrogen) atoms. The molecule has 0 aliphatic heterocycles. The molecule has 0 atom stereocenters. The van der Waals surface area contributed by atoms with E-state index in [4.69, 9.17) is 0 Å². The number of aryl methyl sites for hydroxylation is 2. The van der Waals surface area contributed by atoms with Crippen LogP contribution in [-0.4, -0.2) is 20.9 Å². The molecule has 0 unspecified atom stereocenters. The number of rotatable bonds is 8. The molecular formula is C21H26N4O4. The zero-order valence-corrected chi connectivity index (χ0v) is 16.9. The Labute approximate surface area is 168 Å². The molecule has 0 spiro atoms. The first-order valence-electron chi connectivity index (χ1n) is 9.55. The van der Waals surface area contributed by atoms with E-state index in [1.54, 1.807) is 12.4 Å². The van der Waals surface area contributed by atoms with Gasteiger partial charge in [0.2, 0.25) is 5.91 Å². The van der Waals surface area contributed by atoms with Gasteiger partial charge in [0.25, 0.3) is 17.0 Å². The van der Waals surface area contributed by atoms with Crippen molar-refractivity contribution >= 4 is 23.2 Å². The Morgan fingerprint density at radius 1 is 0.862 bits per heavy atom. The molecule has 154 valence electrons. The summed E-state index contributed by atoms with van der Waals surface area (Å²) >= 11 is 0. The van der Waals surface area contributed by atoms with Crippen LogP contribution in [0.15, 0.2) is 57.9 Å². The predicted molar refractivity (Wildman–Crippen MR) is 113 cm³/mol. The fourth-order valence-electron chi connectivity index (χ4n) is 2.71. The van der Waals surface area contributed by atoms with Gasteiger partial charge >= 0.3 is 0 Å². The summed E-state index contributed by atoms with van der Waals surface area (Å²) < 4.78 is 3.04. The van der Waals surface area contributed by atoms with E-state index in [0.29, 0.717) is 24.5 Å². The van der Waals surface area contributed by atoms with Crippen LogP contribution in [0.5, 0.6) is 0 Å². The molecule has 2 amide bonds. The SMILES string of the molecule is CCCn1cc(NC(=O)/C=C(\C)C(=O)Nc2ccc(=O)n(CCC)c2)ccc1=O. The van der Waals surface area contributed by atoms with Crippen molar-refractivity contribution in [1.29, 1.82) is 0 Å². The van der Waals surface area contributed by atoms with Crippen LogP contribution in [0.25, 0.3) is 0 Å². The van der Waals surface area contributed by atoms with Crippen molar-refractivity contribution in [1.82, 2.24) is 9.13 Å². The molecule has 0 saturated heterocycles. The highest BCUT2D eigenvalue weighted by Crippen LogP contribution is 2.08. The summed E-state index contributed by atoms with van der Waals surface area (Å²) in [5, 5.41) is 5.33. The van der Waals surface area contributed by atoms with E-state index >= 15 is 0 Å². The number of carbonyl (C=O) groups is 2. The van der Waals surface area contributed by atoms with Crippen molar-refractivity contribution in [3.8, 4) is 0 Å². The number of pyridine rings is 2. The van der Waals surface area contributed by atoms with Gasteiger partial charge in [0.1, 0.15) is 0 Å². The molecule has 0 fully saturated rings. The van der Waals surface area contributed by atoms with Crippen molar-refractivity contribution < 1.29 is 9.59 Å². The van der Waals surface area contributed by atoms with Gasteiger partial charge in [-0.1, -0.05) is 13.8 Å². The normalized spacial score (nSPS) is 11.2. The molecule has 2 N–H and O–H groups in total. The Morgan fingerprint density at radius 3 is 1.83 bits per heavy atom. The van der Waals surface area contributed by atoms with Crippen LogP contribution >= 0.6 is 0 Å². The minimum atomic E-state index is -0.477. The average molecular weight is 398 g/mol. The van der Waals surface area contributed by atoms with Crippen molar-refractivity contribution in [3.63, 3.8) is 0 Å². The molecular weight excluding hydrogens is 372 g/mol. The molecule has 0 saturated carbocycles. The van der Waals surface area contributed by atoms with Gasteiger partial charge < -0.3 is 19.8 Å². The number of nitrogens with one attached hydrogen (secondary N) is 2. The van der Waals surface area contributed by atoms with Crippen LogP contribution in [0, 0.1) is 0 Å². The lowest BCUT2D eigenvalue weighted by Crippen LogP contribution is -2.22. The fourth-order valence-corrected chi connectivity index (χ4v) is 2.71. The lowest BCUT2D eigenvalue weighted by molar-refractivity contribution is -0.114. The van der Waals surface area contributed by atoms with Gasteiger partial charge in [-0.05, 0) is 31.9 Å². The second-order valence-corrected chi connectivity index (χ2v) is 6.67. The van der Waals surface area contributed by atoms with E-state index in [1.807, 2.05) is 13.8 Å². The largest absolute Gasteiger partial charge is 0.321 e. The molecule has 8 heteroatoms. The zero-order valence-electron chi connectivity index (χ0n) is 16.9. The van der Waals surface area contributed by atoms with Gasteiger partial charge in [-0.2, -0.15) is 0 Å². The highest BCUT2D eigenvalue weighted by Gasteiger charge is 2.09. The maximum Gasteiger partial charge on any atom is 0.251 e. The number of anilines is 2. The summed E-state index contributed by atoms with van der Waals surface area (Å²) in [5.41, 5.74) is 0.876. The first kappa shape index (κ1) is 21.9. The first-order valence-corrected chi connectivity index (χ1v) is 9.55. The number of hydrogen-bond donors (Lipinski definition) is 2. The van der Waals surface area contributed by atoms with Gasteiger partial charge in [-0.15, -0.1) is 0 Å². The summed E-state index contributed by atoms with van der Waals surface area (Å²) in [6, 6.07) is 5.82. The van der Waals surface area contributed by atoms with Crippen LogP contribution in [0.3, 0.4) is 0 Å². The topological polar surface area (TPSA) is 102 Å². The molecule has 2 aromatic heterocycles. The number of hydrogen-bond acceptors (Lipinski definition) is 4. The Morgan fingerprint density at radius 2 is 1.34 bits per heavy atom. The van der Waals surface area contributed by atoms with E-state index in [-0.39, 0.29) is 16.7 Å². The van der Waals surface area contributed by atoms with Crippen LogP contribution in [0.4, 0.5) is 11.4 Å². The minimum absolute atomic E-state index is 0.138. The second-order valence-electron chi connectivity index (χ2n) is 6.67. The lowest BCUT2D eigenvalue weighted by atomic mass is 10.2. The molecule has 0 bridgehead atoms. The van der Waals surface area contributed by atoms with E-state index < -0.39 is 11.8 Å². The quantitative estimate of drug-likeness (QED) is 0.666. The highest BCUT2D eigenvalue weighted by atomic mass is 16.2. The third-order valence-corrected chi connectivity index (χ3v) is 4.13. The third kappa shape index (κ3) is 6.31. The fraction of sp³-hybridized carbons (Fsp3) is 0.333. The Kier molecular flexibility index (Phi) is 7.70. The molecule has 2 aromatic rings. The summed E-state index contributed by atoms with van der Waals surface area (Å²) in [5.74, 6) is -0.923.